The van der Waals surface area contributed by atoms with E-state index in [-0.39, 0.29) is 10.7 Å². The topological polar surface area (TPSA) is 59.1 Å². The summed E-state index contributed by atoms with van der Waals surface area (Å²) in [5.74, 6) is 0.245. The van der Waals surface area contributed by atoms with Crippen LogP contribution in [0, 0.1) is 3.57 Å². The third kappa shape index (κ3) is 4.58. The summed E-state index contributed by atoms with van der Waals surface area (Å²) in [6, 6.07) is 18.0. The normalized spacial score (nSPS) is 14.2. The van der Waals surface area contributed by atoms with Crippen molar-refractivity contribution >= 4 is 68.6 Å². The van der Waals surface area contributed by atoms with E-state index in [9.17, 15) is 9.59 Å². The van der Waals surface area contributed by atoms with Gasteiger partial charge < -0.3 is 9.47 Å². The summed E-state index contributed by atoms with van der Waals surface area (Å²) in [6.07, 6.45) is 1.55. The number of amides is 2. The van der Waals surface area contributed by atoms with Gasteiger partial charge in [0.2, 0.25) is 0 Å². The van der Waals surface area contributed by atoms with Crippen LogP contribution >= 0.6 is 34.8 Å². The molecule has 4 rings (SSSR count). The monoisotopic (exact) mass is 572 g/mol. The summed E-state index contributed by atoms with van der Waals surface area (Å²) < 4.78 is 12.5. The molecule has 0 bridgehead atoms. The maximum atomic E-state index is 12.6. The third-order valence-electron chi connectivity index (χ3n) is 5.40. The molecule has 0 unspecified atom stereocenters. The summed E-state index contributed by atoms with van der Waals surface area (Å²) in [4.78, 5) is 27.8. The van der Waals surface area contributed by atoms with Crippen molar-refractivity contribution in [3.05, 3.63) is 74.9 Å². The van der Waals surface area contributed by atoms with Crippen molar-refractivity contribution in [3.63, 3.8) is 0 Å². The summed E-state index contributed by atoms with van der Waals surface area (Å²) in [5.41, 5.74) is 1.73. The molecule has 0 N–H and O–H groups in total. The molecule has 1 saturated heterocycles. The first-order valence-corrected chi connectivity index (χ1v) is 11.6. The molecule has 168 valence electrons. The number of likely N-dealkylation sites (N-methyl/N-ethyl adjacent to an activating group) is 2. The van der Waals surface area contributed by atoms with Gasteiger partial charge in [-0.15, -0.1) is 0 Å². The molecule has 0 atom stereocenters. The highest BCUT2D eigenvalue weighted by molar-refractivity contribution is 14.1. The molecule has 2 amide bonds. The van der Waals surface area contributed by atoms with Gasteiger partial charge in [-0.1, -0.05) is 36.4 Å². The van der Waals surface area contributed by atoms with Crippen LogP contribution < -0.4 is 9.47 Å². The van der Waals surface area contributed by atoms with E-state index in [0.29, 0.717) is 23.7 Å². The summed E-state index contributed by atoms with van der Waals surface area (Å²) in [7, 11) is 4.66. The average Bonchev–Trinajstić information content (AvgIpc) is 2.83. The SMILES string of the molecule is COc1cc(C=C2C(=O)N(C)C(=S)N(C)C2=O)cc(I)c1OCc1ccc2ccccc2c1. The van der Waals surface area contributed by atoms with E-state index in [2.05, 4.69) is 46.9 Å². The number of ether oxygens (including phenoxy) is 2. The first-order chi connectivity index (χ1) is 15.8. The molecule has 3 aromatic rings. The fourth-order valence-electron chi connectivity index (χ4n) is 3.59. The zero-order chi connectivity index (χ0) is 23.7. The lowest BCUT2D eigenvalue weighted by Crippen LogP contribution is -2.52. The van der Waals surface area contributed by atoms with Crippen molar-refractivity contribution in [1.82, 2.24) is 9.80 Å². The number of halogens is 1. The number of methoxy groups -OCH3 is 1. The Morgan fingerprint density at radius 1 is 0.970 bits per heavy atom. The van der Waals surface area contributed by atoms with Crippen LogP contribution in [0.3, 0.4) is 0 Å². The van der Waals surface area contributed by atoms with Crippen molar-refractivity contribution in [2.75, 3.05) is 21.2 Å². The van der Waals surface area contributed by atoms with Crippen LogP contribution in [0.1, 0.15) is 11.1 Å². The lowest BCUT2D eigenvalue weighted by molar-refractivity contribution is -0.132. The van der Waals surface area contributed by atoms with Crippen molar-refractivity contribution < 1.29 is 19.1 Å². The highest BCUT2D eigenvalue weighted by Gasteiger charge is 2.35. The second-order valence-corrected chi connectivity index (χ2v) is 9.10. The largest absolute Gasteiger partial charge is 0.493 e. The molecule has 33 heavy (non-hydrogen) atoms. The molecular formula is C25H21IN2O4S. The number of rotatable bonds is 5. The number of hydrogen-bond donors (Lipinski definition) is 0. The van der Waals surface area contributed by atoms with Gasteiger partial charge >= 0.3 is 0 Å². The summed E-state index contributed by atoms with van der Waals surface area (Å²) in [6.45, 7) is 0.377. The average molecular weight is 572 g/mol. The maximum Gasteiger partial charge on any atom is 0.265 e. The molecule has 0 radical (unpaired) electrons. The van der Waals surface area contributed by atoms with Gasteiger partial charge in [-0.25, -0.2) is 0 Å². The number of fused-ring (bicyclic) bond motifs is 1. The number of carbonyl (C=O) groups is 2. The van der Waals surface area contributed by atoms with Crippen LogP contribution in [0.25, 0.3) is 16.8 Å². The molecular weight excluding hydrogens is 551 g/mol. The predicted octanol–water partition coefficient (Wildman–Crippen LogP) is 4.63. The molecule has 3 aromatic carbocycles. The Kier molecular flexibility index (Phi) is 6.66. The van der Waals surface area contributed by atoms with Gasteiger partial charge in [0.25, 0.3) is 11.8 Å². The third-order valence-corrected chi connectivity index (χ3v) is 6.75. The van der Waals surface area contributed by atoms with E-state index >= 15 is 0 Å². The van der Waals surface area contributed by atoms with Crippen molar-refractivity contribution in [3.8, 4) is 11.5 Å². The number of hydrogen-bond acceptors (Lipinski definition) is 5. The lowest BCUT2D eigenvalue weighted by Gasteiger charge is -2.31. The van der Waals surface area contributed by atoms with E-state index in [0.717, 1.165) is 14.5 Å². The maximum absolute atomic E-state index is 12.6. The Bertz CT molecular complexity index is 1300. The quantitative estimate of drug-likeness (QED) is 0.193. The molecule has 0 aromatic heterocycles. The molecule has 0 saturated carbocycles. The minimum atomic E-state index is -0.436. The van der Waals surface area contributed by atoms with Gasteiger partial charge in [0.1, 0.15) is 12.2 Å². The van der Waals surface area contributed by atoms with Crippen molar-refractivity contribution in [2.24, 2.45) is 0 Å². The number of carbonyl (C=O) groups excluding carboxylic acids is 2. The smallest absolute Gasteiger partial charge is 0.265 e. The fraction of sp³-hybridized carbons (Fsp3) is 0.160. The molecule has 1 fully saturated rings. The zero-order valence-electron chi connectivity index (χ0n) is 18.3. The summed E-state index contributed by atoms with van der Waals surface area (Å²) in [5, 5.41) is 2.50. The number of thiocarbonyl (C=S) groups is 1. The van der Waals surface area contributed by atoms with E-state index in [4.69, 9.17) is 21.7 Å². The molecule has 0 spiro atoms. The first-order valence-electron chi connectivity index (χ1n) is 10.1. The Morgan fingerprint density at radius 2 is 1.64 bits per heavy atom. The van der Waals surface area contributed by atoms with Crippen molar-refractivity contribution in [1.29, 1.82) is 0 Å². The molecule has 8 heteroatoms. The van der Waals surface area contributed by atoms with Gasteiger partial charge in [-0.2, -0.15) is 0 Å². The second kappa shape index (κ2) is 9.48. The predicted molar refractivity (Wildman–Crippen MR) is 140 cm³/mol. The fourth-order valence-corrected chi connectivity index (χ4v) is 4.54. The van der Waals surface area contributed by atoms with Crippen LogP contribution in [0.5, 0.6) is 11.5 Å². The number of benzene rings is 3. The minimum absolute atomic E-state index is 0.0382. The standard InChI is InChI=1S/C25H21IN2O4S/c1-27-23(29)19(24(30)28(2)25(27)33)11-16-12-20(26)22(21(13-16)31-3)32-14-15-8-9-17-6-4-5-7-18(17)10-15/h4-13H,14H2,1-3H3. The van der Waals surface area contributed by atoms with Gasteiger partial charge in [0, 0.05) is 14.1 Å². The highest BCUT2D eigenvalue weighted by atomic mass is 127. The first kappa shape index (κ1) is 23.2. The van der Waals surface area contributed by atoms with E-state index < -0.39 is 11.8 Å². The molecule has 1 aliphatic rings. The van der Waals surface area contributed by atoms with Gasteiger partial charge in [0.15, 0.2) is 16.6 Å². The molecule has 1 aliphatic heterocycles. The lowest BCUT2D eigenvalue weighted by atomic mass is 10.1. The molecule has 1 heterocycles. The minimum Gasteiger partial charge on any atom is -0.493 e. The van der Waals surface area contributed by atoms with Crippen LogP contribution in [0.2, 0.25) is 0 Å². The summed E-state index contributed by atoms with van der Waals surface area (Å²) >= 11 is 7.30. The van der Waals surface area contributed by atoms with Gasteiger partial charge in [0.05, 0.1) is 10.7 Å². The molecule has 0 aliphatic carbocycles. The Labute approximate surface area is 210 Å². The van der Waals surface area contributed by atoms with Gasteiger partial charge in [-0.05, 0) is 81.0 Å². The molecule has 6 nitrogen and oxygen atoms in total. The zero-order valence-corrected chi connectivity index (χ0v) is 21.3. The number of nitrogens with zero attached hydrogens (tertiary/aromatic N) is 2. The van der Waals surface area contributed by atoms with Crippen LogP contribution in [0.15, 0.2) is 60.2 Å². The Hall–Kier alpha value is -2.98. The van der Waals surface area contributed by atoms with Crippen LogP contribution in [0.4, 0.5) is 0 Å². The Balaban J connectivity index is 1.61. The van der Waals surface area contributed by atoms with Gasteiger partial charge in [-0.3, -0.25) is 19.4 Å². The highest BCUT2D eigenvalue weighted by Crippen LogP contribution is 2.35. The van der Waals surface area contributed by atoms with E-state index in [1.807, 2.05) is 24.3 Å². The Morgan fingerprint density at radius 3 is 2.30 bits per heavy atom. The van der Waals surface area contributed by atoms with E-state index in [1.165, 1.54) is 15.2 Å². The van der Waals surface area contributed by atoms with E-state index in [1.54, 1.807) is 33.3 Å². The van der Waals surface area contributed by atoms with Crippen LogP contribution in [-0.2, 0) is 16.2 Å². The second-order valence-electron chi connectivity index (χ2n) is 7.57. The van der Waals surface area contributed by atoms with Crippen molar-refractivity contribution in [2.45, 2.75) is 6.61 Å². The van der Waals surface area contributed by atoms with Crippen LogP contribution in [-0.4, -0.2) is 47.9 Å².